The van der Waals surface area contributed by atoms with E-state index in [1.807, 2.05) is 0 Å². The zero-order valence-electron chi connectivity index (χ0n) is 9.35. The van der Waals surface area contributed by atoms with Crippen molar-refractivity contribution in [3.8, 4) is 0 Å². The summed E-state index contributed by atoms with van der Waals surface area (Å²) in [5.41, 5.74) is 0.727. The van der Waals surface area contributed by atoms with Gasteiger partial charge in [0, 0.05) is 10.9 Å². The number of carbonyl (C=O) groups is 2. The molecule has 1 N–H and O–H groups in total. The Kier molecular flexibility index (Phi) is 4.97. The molecule has 0 aromatic heterocycles. The molecule has 17 heavy (non-hydrogen) atoms. The minimum absolute atomic E-state index is 0.0309. The predicted octanol–water partition coefficient (Wildman–Crippen LogP) is 2.46. The first-order valence-electron chi connectivity index (χ1n) is 5.07. The van der Waals surface area contributed by atoms with Gasteiger partial charge < -0.3 is 9.84 Å². The van der Waals surface area contributed by atoms with Crippen molar-refractivity contribution in [3.63, 3.8) is 0 Å². The molecule has 0 radical (unpaired) electrons. The summed E-state index contributed by atoms with van der Waals surface area (Å²) >= 11 is 5.83. The molecule has 0 heterocycles. The van der Waals surface area contributed by atoms with Gasteiger partial charge in [0.15, 0.2) is 0 Å². The van der Waals surface area contributed by atoms with E-state index in [9.17, 15) is 9.59 Å². The molecule has 1 aromatic rings. The summed E-state index contributed by atoms with van der Waals surface area (Å²) in [4.78, 5) is 22.0. The first-order chi connectivity index (χ1) is 8.02. The van der Waals surface area contributed by atoms with E-state index in [-0.39, 0.29) is 12.8 Å². The number of hydrogen-bond donors (Lipinski definition) is 1. The molecule has 1 rings (SSSR count). The molecular formula is C12H13ClO4. The Hall–Kier alpha value is -1.55. The highest BCUT2D eigenvalue weighted by molar-refractivity contribution is 6.30. The fourth-order valence-corrected chi connectivity index (χ4v) is 1.76. The van der Waals surface area contributed by atoms with E-state index in [4.69, 9.17) is 16.7 Å². The fourth-order valence-electron chi connectivity index (χ4n) is 1.56. The second-order valence-corrected chi connectivity index (χ2v) is 4.07. The number of aliphatic carboxylic acids is 1. The zero-order valence-corrected chi connectivity index (χ0v) is 10.1. The molecule has 0 bridgehead atoms. The van der Waals surface area contributed by atoms with E-state index < -0.39 is 17.9 Å². The van der Waals surface area contributed by atoms with E-state index in [2.05, 4.69) is 4.74 Å². The van der Waals surface area contributed by atoms with Crippen LogP contribution in [0.1, 0.15) is 24.3 Å². The minimum Gasteiger partial charge on any atom is -0.481 e. The third-order valence-electron chi connectivity index (χ3n) is 2.38. The maximum atomic E-state index is 11.2. The fraction of sp³-hybridized carbons (Fsp3) is 0.333. The first kappa shape index (κ1) is 13.5. The van der Waals surface area contributed by atoms with Crippen LogP contribution < -0.4 is 0 Å². The number of ether oxygens (including phenoxy) is 1. The Labute approximate surface area is 104 Å². The maximum Gasteiger partial charge on any atom is 0.306 e. The Morgan fingerprint density at radius 3 is 2.65 bits per heavy atom. The van der Waals surface area contributed by atoms with Crippen molar-refractivity contribution in [1.82, 2.24) is 0 Å². The molecule has 0 aliphatic rings. The van der Waals surface area contributed by atoms with Crippen molar-refractivity contribution in [2.75, 3.05) is 7.11 Å². The summed E-state index contributed by atoms with van der Waals surface area (Å²) in [5.74, 6) is -1.81. The molecule has 0 aliphatic carbocycles. The number of carbonyl (C=O) groups excluding carboxylic acids is 1. The number of methoxy groups -OCH3 is 1. The van der Waals surface area contributed by atoms with E-state index in [1.54, 1.807) is 24.3 Å². The largest absolute Gasteiger partial charge is 0.481 e. The second-order valence-electron chi connectivity index (χ2n) is 3.63. The Morgan fingerprint density at radius 1 is 1.41 bits per heavy atom. The third kappa shape index (κ3) is 4.44. The standard InChI is InChI=1S/C12H13ClO4/c1-17-12(16)7-9(6-11(14)15)8-3-2-4-10(13)5-8/h2-5,9H,6-7H2,1H3,(H,14,15). The Bertz CT molecular complexity index is 417. The van der Waals surface area contributed by atoms with Crippen LogP contribution >= 0.6 is 11.6 Å². The third-order valence-corrected chi connectivity index (χ3v) is 2.62. The highest BCUT2D eigenvalue weighted by Crippen LogP contribution is 2.26. The molecule has 1 unspecified atom stereocenters. The highest BCUT2D eigenvalue weighted by atomic mass is 35.5. The van der Waals surface area contributed by atoms with Crippen molar-refractivity contribution in [2.45, 2.75) is 18.8 Å². The van der Waals surface area contributed by atoms with Crippen molar-refractivity contribution in [3.05, 3.63) is 34.9 Å². The van der Waals surface area contributed by atoms with Crippen molar-refractivity contribution < 1.29 is 19.4 Å². The van der Waals surface area contributed by atoms with E-state index in [0.29, 0.717) is 5.02 Å². The quantitative estimate of drug-likeness (QED) is 0.822. The lowest BCUT2D eigenvalue weighted by atomic mass is 9.92. The van der Waals surface area contributed by atoms with Gasteiger partial charge in [-0.25, -0.2) is 0 Å². The van der Waals surface area contributed by atoms with Gasteiger partial charge in [0.25, 0.3) is 0 Å². The number of esters is 1. The van der Waals surface area contributed by atoms with Gasteiger partial charge in [-0.05, 0) is 17.7 Å². The van der Waals surface area contributed by atoms with Gasteiger partial charge in [-0.2, -0.15) is 0 Å². The molecule has 0 saturated carbocycles. The monoisotopic (exact) mass is 256 g/mol. The summed E-state index contributed by atoms with van der Waals surface area (Å²) in [6.07, 6.45) is -0.0986. The number of hydrogen-bond acceptors (Lipinski definition) is 3. The lowest BCUT2D eigenvalue weighted by Gasteiger charge is -2.14. The molecule has 1 atom stereocenters. The van der Waals surface area contributed by atoms with Crippen LogP contribution in [-0.2, 0) is 14.3 Å². The molecule has 0 amide bonds. The average molecular weight is 257 g/mol. The lowest BCUT2D eigenvalue weighted by Crippen LogP contribution is -2.12. The summed E-state index contributed by atoms with van der Waals surface area (Å²) < 4.78 is 4.55. The van der Waals surface area contributed by atoms with Crippen LogP contribution in [0.3, 0.4) is 0 Å². The zero-order chi connectivity index (χ0) is 12.8. The van der Waals surface area contributed by atoms with Gasteiger partial charge in [-0.15, -0.1) is 0 Å². The topological polar surface area (TPSA) is 63.6 Å². The van der Waals surface area contributed by atoms with Crippen molar-refractivity contribution in [2.24, 2.45) is 0 Å². The van der Waals surface area contributed by atoms with Crippen molar-refractivity contribution in [1.29, 1.82) is 0 Å². The van der Waals surface area contributed by atoms with Gasteiger partial charge in [0.2, 0.25) is 0 Å². The highest BCUT2D eigenvalue weighted by Gasteiger charge is 2.19. The second kappa shape index (κ2) is 6.25. The van der Waals surface area contributed by atoms with Gasteiger partial charge >= 0.3 is 11.9 Å². The van der Waals surface area contributed by atoms with E-state index in [1.165, 1.54) is 7.11 Å². The predicted molar refractivity (Wildman–Crippen MR) is 63.1 cm³/mol. The van der Waals surface area contributed by atoms with Crippen LogP contribution in [0.25, 0.3) is 0 Å². The van der Waals surface area contributed by atoms with Crippen LogP contribution in [-0.4, -0.2) is 24.2 Å². The maximum absolute atomic E-state index is 11.2. The minimum atomic E-state index is -0.959. The summed E-state index contributed by atoms with van der Waals surface area (Å²) in [7, 11) is 1.28. The number of rotatable bonds is 5. The molecule has 1 aromatic carbocycles. The molecule has 4 nitrogen and oxygen atoms in total. The summed E-state index contributed by atoms with van der Waals surface area (Å²) in [6.45, 7) is 0. The summed E-state index contributed by atoms with van der Waals surface area (Å²) in [5, 5.41) is 9.33. The van der Waals surface area contributed by atoms with Crippen LogP contribution in [0, 0.1) is 0 Å². The van der Waals surface area contributed by atoms with Gasteiger partial charge in [0.1, 0.15) is 0 Å². The van der Waals surface area contributed by atoms with Crippen LogP contribution in [0.15, 0.2) is 24.3 Å². The Balaban J connectivity index is 2.89. The normalized spacial score (nSPS) is 11.9. The molecule has 0 aliphatic heterocycles. The number of carboxylic acids is 1. The number of benzene rings is 1. The molecule has 0 spiro atoms. The van der Waals surface area contributed by atoms with Gasteiger partial charge in [-0.3, -0.25) is 9.59 Å². The molecule has 92 valence electrons. The molecular weight excluding hydrogens is 244 g/mol. The van der Waals surface area contributed by atoms with Crippen LogP contribution in [0.5, 0.6) is 0 Å². The van der Waals surface area contributed by atoms with E-state index in [0.717, 1.165) is 5.56 Å². The van der Waals surface area contributed by atoms with Gasteiger partial charge in [-0.1, -0.05) is 23.7 Å². The SMILES string of the molecule is COC(=O)CC(CC(=O)O)c1cccc(Cl)c1. The van der Waals surface area contributed by atoms with Crippen LogP contribution in [0.2, 0.25) is 5.02 Å². The molecule has 0 fully saturated rings. The Morgan fingerprint density at radius 2 is 2.12 bits per heavy atom. The summed E-state index contributed by atoms with van der Waals surface area (Å²) in [6, 6.07) is 6.84. The smallest absolute Gasteiger partial charge is 0.306 e. The van der Waals surface area contributed by atoms with Crippen LogP contribution in [0.4, 0.5) is 0 Å². The molecule has 5 heteroatoms. The van der Waals surface area contributed by atoms with E-state index >= 15 is 0 Å². The first-order valence-corrected chi connectivity index (χ1v) is 5.44. The molecule has 0 saturated heterocycles. The number of halogens is 1. The lowest BCUT2D eigenvalue weighted by molar-refractivity contribution is -0.141. The average Bonchev–Trinajstić information content (AvgIpc) is 2.27. The van der Waals surface area contributed by atoms with Crippen molar-refractivity contribution >= 4 is 23.5 Å². The van der Waals surface area contributed by atoms with Gasteiger partial charge in [0.05, 0.1) is 20.0 Å². The number of carboxylic acid groups (broad SMARTS) is 1.